The summed E-state index contributed by atoms with van der Waals surface area (Å²) in [5.41, 5.74) is 3.34. The molecule has 27 heavy (non-hydrogen) atoms. The second-order valence-corrected chi connectivity index (χ2v) is 7.62. The molecule has 2 atom stereocenters. The Labute approximate surface area is 162 Å². The van der Waals surface area contributed by atoms with Crippen LogP contribution in [0.1, 0.15) is 26.3 Å². The Morgan fingerprint density at radius 1 is 1.22 bits per heavy atom. The number of guanidine groups is 1. The number of hydrogen-bond acceptors (Lipinski definition) is 3. The van der Waals surface area contributed by atoms with Gasteiger partial charge in [0.1, 0.15) is 0 Å². The summed E-state index contributed by atoms with van der Waals surface area (Å²) in [6, 6.07) is 15.5. The van der Waals surface area contributed by atoms with Crippen LogP contribution in [0.15, 0.2) is 53.7 Å². The first-order valence-corrected chi connectivity index (χ1v) is 9.78. The minimum Gasteiger partial charge on any atom is -0.352 e. The molecule has 0 amide bonds. The molecule has 2 unspecified atom stereocenters. The number of benzene rings is 1. The second kappa shape index (κ2) is 9.00. The molecule has 0 aliphatic carbocycles. The molecular formula is C22H31N5. The minimum absolute atomic E-state index is 0.429. The summed E-state index contributed by atoms with van der Waals surface area (Å²) in [7, 11) is 1.83. The molecule has 1 saturated heterocycles. The Hall–Kier alpha value is -2.40. The number of pyridine rings is 1. The van der Waals surface area contributed by atoms with Crippen molar-refractivity contribution in [3.05, 3.63) is 54.2 Å². The largest absolute Gasteiger partial charge is 0.352 e. The van der Waals surface area contributed by atoms with Crippen molar-refractivity contribution in [3.8, 4) is 11.3 Å². The van der Waals surface area contributed by atoms with Gasteiger partial charge in [0.15, 0.2) is 5.96 Å². The fourth-order valence-electron chi connectivity index (χ4n) is 3.54. The lowest BCUT2D eigenvalue weighted by Crippen LogP contribution is -2.46. The summed E-state index contributed by atoms with van der Waals surface area (Å²) in [5.74, 6) is 1.47. The molecular weight excluding hydrogens is 334 g/mol. The Morgan fingerprint density at radius 3 is 2.74 bits per heavy atom. The lowest BCUT2D eigenvalue weighted by Gasteiger charge is -2.22. The monoisotopic (exact) mass is 365 g/mol. The SMILES string of the molecule is CN=C(NCc1cccc(-c2ccccn2)c1)NC1CN(C(C)C)CC1C. The maximum Gasteiger partial charge on any atom is 0.191 e. The van der Waals surface area contributed by atoms with Crippen molar-refractivity contribution < 1.29 is 0 Å². The van der Waals surface area contributed by atoms with Crippen LogP contribution >= 0.6 is 0 Å². The van der Waals surface area contributed by atoms with Crippen LogP contribution < -0.4 is 10.6 Å². The van der Waals surface area contributed by atoms with Crippen molar-refractivity contribution in [2.75, 3.05) is 20.1 Å². The Balaban J connectivity index is 1.59. The van der Waals surface area contributed by atoms with Crippen LogP contribution in [0.2, 0.25) is 0 Å². The first-order chi connectivity index (χ1) is 13.1. The Bertz CT molecular complexity index is 756. The molecule has 144 valence electrons. The van der Waals surface area contributed by atoms with Crippen molar-refractivity contribution in [3.63, 3.8) is 0 Å². The van der Waals surface area contributed by atoms with Crippen LogP contribution in [0.5, 0.6) is 0 Å². The maximum atomic E-state index is 4.44. The number of hydrogen-bond donors (Lipinski definition) is 2. The van der Waals surface area contributed by atoms with Crippen LogP contribution in [0, 0.1) is 5.92 Å². The predicted octanol–water partition coefficient (Wildman–Crippen LogP) is 3.14. The van der Waals surface area contributed by atoms with Crippen molar-refractivity contribution in [1.82, 2.24) is 20.5 Å². The van der Waals surface area contributed by atoms with Gasteiger partial charge in [-0.05, 0) is 43.5 Å². The van der Waals surface area contributed by atoms with E-state index >= 15 is 0 Å². The van der Waals surface area contributed by atoms with E-state index in [1.54, 1.807) is 0 Å². The van der Waals surface area contributed by atoms with E-state index < -0.39 is 0 Å². The van der Waals surface area contributed by atoms with Crippen molar-refractivity contribution in [2.45, 2.75) is 39.4 Å². The molecule has 0 saturated carbocycles. The predicted molar refractivity (Wildman–Crippen MR) is 113 cm³/mol. The van der Waals surface area contributed by atoms with E-state index in [-0.39, 0.29) is 0 Å². The Kier molecular flexibility index (Phi) is 6.45. The molecule has 2 aromatic rings. The third kappa shape index (κ3) is 5.07. The second-order valence-electron chi connectivity index (χ2n) is 7.62. The highest BCUT2D eigenvalue weighted by Gasteiger charge is 2.31. The molecule has 5 heteroatoms. The van der Waals surface area contributed by atoms with Gasteiger partial charge in [0.25, 0.3) is 0 Å². The van der Waals surface area contributed by atoms with E-state index in [1.165, 1.54) is 5.56 Å². The highest BCUT2D eigenvalue weighted by molar-refractivity contribution is 5.80. The molecule has 3 rings (SSSR count). The summed E-state index contributed by atoms with van der Waals surface area (Å²) in [5, 5.41) is 7.06. The van der Waals surface area contributed by atoms with Crippen LogP contribution in [0.3, 0.4) is 0 Å². The molecule has 1 aromatic heterocycles. The average Bonchev–Trinajstić information content (AvgIpc) is 3.07. The lowest BCUT2D eigenvalue weighted by molar-refractivity contribution is 0.265. The fourth-order valence-corrected chi connectivity index (χ4v) is 3.54. The molecule has 1 aliphatic heterocycles. The van der Waals surface area contributed by atoms with Gasteiger partial charge in [0, 0.05) is 50.5 Å². The van der Waals surface area contributed by atoms with E-state index in [9.17, 15) is 0 Å². The van der Waals surface area contributed by atoms with Gasteiger partial charge in [0.2, 0.25) is 0 Å². The van der Waals surface area contributed by atoms with Gasteiger partial charge >= 0.3 is 0 Å². The summed E-state index contributed by atoms with van der Waals surface area (Å²) >= 11 is 0. The molecule has 5 nitrogen and oxygen atoms in total. The third-order valence-electron chi connectivity index (χ3n) is 5.26. The van der Waals surface area contributed by atoms with Gasteiger partial charge < -0.3 is 10.6 Å². The zero-order chi connectivity index (χ0) is 19.2. The van der Waals surface area contributed by atoms with E-state index in [4.69, 9.17) is 0 Å². The topological polar surface area (TPSA) is 52.6 Å². The molecule has 2 N–H and O–H groups in total. The van der Waals surface area contributed by atoms with E-state index in [2.05, 4.69) is 70.5 Å². The van der Waals surface area contributed by atoms with Gasteiger partial charge in [-0.3, -0.25) is 14.9 Å². The number of aromatic nitrogens is 1. The van der Waals surface area contributed by atoms with Crippen molar-refractivity contribution in [2.24, 2.45) is 10.9 Å². The van der Waals surface area contributed by atoms with E-state index in [0.717, 1.165) is 36.9 Å². The van der Waals surface area contributed by atoms with Gasteiger partial charge in [0.05, 0.1) is 5.69 Å². The number of likely N-dealkylation sites (tertiary alicyclic amines) is 1. The van der Waals surface area contributed by atoms with Crippen LogP contribution in [0.4, 0.5) is 0 Å². The molecule has 0 radical (unpaired) electrons. The molecule has 1 aliphatic rings. The van der Waals surface area contributed by atoms with E-state index in [1.807, 2.05) is 31.4 Å². The van der Waals surface area contributed by atoms with Crippen LogP contribution in [-0.2, 0) is 6.54 Å². The lowest BCUT2D eigenvalue weighted by atomic mass is 10.1. The first-order valence-electron chi connectivity index (χ1n) is 9.78. The summed E-state index contributed by atoms with van der Waals surface area (Å²) in [6.45, 7) is 9.76. The highest BCUT2D eigenvalue weighted by atomic mass is 15.3. The van der Waals surface area contributed by atoms with Gasteiger partial charge in [-0.1, -0.05) is 31.2 Å². The van der Waals surface area contributed by atoms with Crippen LogP contribution in [-0.4, -0.2) is 48.1 Å². The molecule has 0 bridgehead atoms. The minimum atomic E-state index is 0.429. The normalized spacial score (nSPS) is 20.9. The summed E-state index contributed by atoms with van der Waals surface area (Å²) in [4.78, 5) is 11.4. The van der Waals surface area contributed by atoms with Crippen molar-refractivity contribution >= 4 is 5.96 Å². The zero-order valence-electron chi connectivity index (χ0n) is 16.8. The third-order valence-corrected chi connectivity index (χ3v) is 5.26. The molecule has 0 spiro atoms. The first kappa shape index (κ1) is 19.4. The van der Waals surface area contributed by atoms with Gasteiger partial charge in [-0.25, -0.2) is 0 Å². The average molecular weight is 366 g/mol. The highest BCUT2D eigenvalue weighted by Crippen LogP contribution is 2.19. The number of aliphatic imine (C=N–C) groups is 1. The fraction of sp³-hybridized carbons (Fsp3) is 0.455. The number of rotatable bonds is 5. The molecule has 2 heterocycles. The zero-order valence-corrected chi connectivity index (χ0v) is 16.8. The summed E-state index contributed by atoms with van der Waals surface area (Å²) < 4.78 is 0. The van der Waals surface area contributed by atoms with Crippen LogP contribution in [0.25, 0.3) is 11.3 Å². The standard InChI is InChI=1S/C22H31N5/c1-16(2)27-14-17(3)21(15-27)26-22(23-4)25-13-18-8-7-9-19(12-18)20-10-5-6-11-24-20/h5-12,16-17,21H,13-15H2,1-4H3,(H2,23,25,26). The van der Waals surface area contributed by atoms with Gasteiger partial charge in [-0.2, -0.15) is 0 Å². The number of nitrogens with zero attached hydrogens (tertiary/aromatic N) is 3. The summed E-state index contributed by atoms with van der Waals surface area (Å²) in [6.07, 6.45) is 1.83. The quantitative estimate of drug-likeness (QED) is 0.631. The number of nitrogens with one attached hydrogen (secondary N) is 2. The van der Waals surface area contributed by atoms with Crippen molar-refractivity contribution in [1.29, 1.82) is 0 Å². The maximum absolute atomic E-state index is 4.44. The smallest absolute Gasteiger partial charge is 0.191 e. The molecule has 1 fully saturated rings. The molecule has 1 aromatic carbocycles. The Morgan fingerprint density at radius 2 is 2.07 bits per heavy atom. The van der Waals surface area contributed by atoms with E-state index in [0.29, 0.717) is 18.0 Å². The van der Waals surface area contributed by atoms with Gasteiger partial charge in [-0.15, -0.1) is 0 Å².